The second-order valence-corrected chi connectivity index (χ2v) is 5.95. The Labute approximate surface area is 114 Å². The van der Waals surface area contributed by atoms with Crippen molar-refractivity contribution in [1.29, 1.82) is 0 Å². The van der Waals surface area contributed by atoms with Gasteiger partial charge < -0.3 is 5.11 Å². The Bertz CT molecular complexity index is 481. The van der Waals surface area contributed by atoms with Crippen molar-refractivity contribution < 1.29 is 9.90 Å². The van der Waals surface area contributed by atoms with Gasteiger partial charge in [-0.15, -0.1) is 0 Å². The second-order valence-electron chi connectivity index (χ2n) is 5.95. The first-order chi connectivity index (χ1) is 8.84. The summed E-state index contributed by atoms with van der Waals surface area (Å²) in [6.45, 7) is 7.97. The largest absolute Gasteiger partial charge is 0.480 e. The van der Waals surface area contributed by atoms with Crippen LogP contribution in [0.4, 0.5) is 0 Å². The van der Waals surface area contributed by atoms with E-state index in [9.17, 15) is 9.90 Å². The van der Waals surface area contributed by atoms with Crippen molar-refractivity contribution in [3.8, 4) is 0 Å². The Morgan fingerprint density at radius 2 is 2.26 bits per heavy atom. The van der Waals surface area contributed by atoms with E-state index in [0.29, 0.717) is 12.8 Å². The third-order valence-corrected chi connectivity index (χ3v) is 3.85. The smallest absolute Gasteiger partial charge is 0.323 e. The van der Waals surface area contributed by atoms with Crippen LogP contribution in [0.3, 0.4) is 0 Å². The number of nitrogens with one attached hydrogen (secondary N) is 1. The number of nitrogens with zero attached hydrogens (tertiary/aromatic N) is 2. The monoisotopic (exact) mass is 265 g/mol. The molecule has 2 rings (SSSR count). The minimum Gasteiger partial charge on any atom is -0.480 e. The molecule has 5 nitrogen and oxygen atoms in total. The molecule has 2 atom stereocenters. The highest BCUT2D eigenvalue weighted by Gasteiger charge is 2.46. The van der Waals surface area contributed by atoms with Crippen molar-refractivity contribution in [2.45, 2.75) is 64.6 Å². The maximum absolute atomic E-state index is 11.6. The van der Waals surface area contributed by atoms with Gasteiger partial charge in [0.25, 0.3) is 0 Å². The van der Waals surface area contributed by atoms with Crippen LogP contribution in [0.25, 0.3) is 0 Å². The van der Waals surface area contributed by atoms with Crippen molar-refractivity contribution in [2.24, 2.45) is 0 Å². The van der Waals surface area contributed by atoms with Crippen molar-refractivity contribution >= 4 is 5.97 Å². The van der Waals surface area contributed by atoms with Gasteiger partial charge >= 0.3 is 5.97 Å². The molecule has 2 N–H and O–H groups in total. The topological polar surface area (TPSA) is 67.2 Å². The Kier molecular flexibility index (Phi) is 3.67. The molecule has 0 radical (unpaired) electrons. The van der Waals surface area contributed by atoms with E-state index >= 15 is 0 Å². The Balaban J connectivity index is 2.21. The van der Waals surface area contributed by atoms with Gasteiger partial charge in [0.2, 0.25) is 0 Å². The van der Waals surface area contributed by atoms with Gasteiger partial charge in [-0.05, 0) is 53.0 Å². The normalized spacial score (nSPS) is 27.1. The number of aromatic nitrogens is 2. The number of aliphatic carboxylic acids is 1. The molecule has 1 aliphatic rings. The van der Waals surface area contributed by atoms with Crippen LogP contribution in [0.15, 0.2) is 6.07 Å². The number of rotatable bonds is 4. The first-order valence-electron chi connectivity index (χ1n) is 6.88. The summed E-state index contributed by atoms with van der Waals surface area (Å²) >= 11 is 0. The molecule has 19 heavy (non-hydrogen) atoms. The number of hydrogen-bond acceptors (Lipinski definition) is 3. The Hall–Kier alpha value is -1.36. The molecule has 0 saturated heterocycles. The van der Waals surface area contributed by atoms with Crippen molar-refractivity contribution in [2.75, 3.05) is 0 Å². The van der Waals surface area contributed by atoms with Gasteiger partial charge in [-0.25, -0.2) is 0 Å². The summed E-state index contributed by atoms with van der Waals surface area (Å²) in [4.78, 5) is 11.6. The molecule has 0 spiro atoms. The molecular weight excluding hydrogens is 242 g/mol. The number of carboxylic acid groups (broad SMARTS) is 1. The SMILES string of the molecule is Cc1cc(C)n(C2CCC(NC(C)C)(C(=O)O)C2)n1. The fraction of sp³-hybridized carbons (Fsp3) is 0.714. The van der Waals surface area contributed by atoms with Gasteiger partial charge in [0.05, 0.1) is 11.7 Å². The van der Waals surface area contributed by atoms with E-state index in [0.717, 1.165) is 17.8 Å². The summed E-state index contributed by atoms with van der Waals surface area (Å²) in [5.41, 5.74) is 1.29. The lowest BCUT2D eigenvalue weighted by Crippen LogP contribution is -2.53. The summed E-state index contributed by atoms with van der Waals surface area (Å²) < 4.78 is 1.99. The zero-order chi connectivity index (χ0) is 14.2. The summed E-state index contributed by atoms with van der Waals surface area (Å²) in [6.07, 6.45) is 2.11. The molecule has 1 fully saturated rings. The molecule has 5 heteroatoms. The molecule has 1 aromatic rings. The van der Waals surface area contributed by atoms with Gasteiger partial charge in [-0.2, -0.15) is 5.10 Å². The summed E-state index contributed by atoms with van der Waals surface area (Å²) in [7, 11) is 0. The average Bonchev–Trinajstić information content (AvgIpc) is 2.82. The lowest BCUT2D eigenvalue weighted by molar-refractivity contribution is -0.145. The average molecular weight is 265 g/mol. The van der Waals surface area contributed by atoms with E-state index in [1.54, 1.807) is 0 Å². The molecule has 1 aliphatic carbocycles. The fourth-order valence-electron chi connectivity index (χ4n) is 3.18. The van der Waals surface area contributed by atoms with Crippen LogP contribution in [0, 0.1) is 13.8 Å². The van der Waals surface area contributed by atoms with Gasteiger partial charge in [0.1, 0.15) is 5.54 Å². The third-order valence-electron chi connectivity index (χ3n) is 3.85. The Morgan fingerprint density at radius 1 is 1.58 bits per heavy atom. The summed E-state index contributed by atoms with van der Waals surface area (Å²) in [5, 5.41) is 17.3. The van der Waals surface area contributed by atoms with Crippen LogP contribution in [0.2, 0.25) is 0 Å². The van der Waals surface area contributed by atoms with Gasteiger partial charge in [-0.3, -0.25) is 14.8 Å². The molecule has 1 saturated carbocycles. The van der Waals surface area contributed by atoms with E-state index in [1.165, 1.54) is 0 Å². The van der Waals surface area contributed by atoms with Crippen LogP contribution in [-0.4, -0.2) is 32.4 Å². The molecule has 1 heterocycles. The van der Waals surface area contributed by atoms with Crippen molar-refractivity contribution in [1.82, 2.24) is 15.1 Å². The first kappa shape index (κ1) is 14.1. The van der Waals surface area contributed by atoms with Crippen LogP contribution >= 0.6 is 0 Å². The molecule has 0 bridgehead atoms. The van der Waals surface area contributed by atoms with Crippen molar-refractivity contribution in [3.63, 3.8) is 0 Å². The lowest BCUT2D eigenvalue weighted by atomic mass is 9.96. The second kappa shape index (κ2) is 4.96. The standard InChI is InChI=1S/C14H23N3O2/c1-9(2)15-14(13(18)19)6-5-12(8-14)17-11(4)7-10(3)16-17/h7,9,12,15H,5-6,8H2,1-4H3,(H,18,19). The van der Waals surface area contributed by atoms with E-state index in [1.807, 2.05) is 38.4 Å². The highest BCUT2D eigenvalue weighted by molar-refractivity contribution is 5.79. The van der Waals surface area contributed by atoms with E-state index in [2.05, 4.69) is 10.4 Å². The number of carbonyl (C=O) groups is 1. The minimum atomic E-state index is -0.800. The first-order valence-corrected chi connectivity index (χ1v) is 6.88. The Morgan fingerprint density at radius 3 is 2.74 bits per heavy atom. The predicted octanol–water partition coefficient (Wildman–Crippen LogP) is 2.05. The zero-order valence-electron chi connectivity index (χ0n) is 12.1. The van der Waals surface area contributed by atoms with Crippen LogP contribution < -0.4 is 5.32 Å². The maximum atomic E-state index is 11.6. The summed E-state index contributed by atoms with van der Waals surface area (Å²) in [6, 6.07) is 2.38. The predicted molar refractivity (Wildman–Crippen MR) is 73.2 cm³/mol. The molecule has 106 valence electrons. The molecule has 2 unspecified atom stereocenters. The third kappa shape index (κ3) is 2.66. The highest BCUT2D eigenvalue weighted by Crippen LogP contribution is 2.38. The number of aryl methyl sites for hydroxylation is 2. The van der Waals surface area contributed by atoms with Gasteiger partial charge in [0, 0.05) is 11.7 Å². The van der Waals surface area contributed by atoms with Crippen LogP contribution in [0.5, 0.6) is 0 Å². The summed E-state index contributed by atoms with van der Waals surface area (Å²) in [5.74, 6) is -0.745. The van der Waals surface area contributed by atoms with Gasteiger partial charge in [0.15, 0.2) is 0 Å². The van der Waals surface area contributed by atoms with E-state index < -0.39 is 11.5 Å². The molecule has 0 aliphatic heterocycles. The van der Waals surface area contributed by atoms with E-state index in [-0.39, 0.29) is 12.1 Å². The molecule has 0 amide bonds. The van der Waals surface area contributed by atoms with Gasteiger partial charge in [-0.1, -0.05) is 0 Å². The highest BCUT2D eigenvalue weighted by atomic mass is 16.4. The fourth-order valence-corrected chi connectivity index (χ4v) is 3.18. The van der Waals surface area contributed by atoms with Crippen molar-refractivity contribution in [3.05, 3.63) is 17.5 Å². The van der Waals surface area contributed by atoms with Crippen LogP contribution in [-0.2, 0) is 4.79 Å². The molecular formula is C14H23N3O2. The molecule has 1 aromatic heterocycles. The number of carboxylic acids is 1. The van der Waals surface area contributed by atoms with Crippen LogP contribution in [0.1, 0.15) is 50.5 Å². The van der Waals surface area contributed by atoms with E-state index in [4.69, 9.17) is 0 Å². The zero-order valence-corrected chi connectivity index (χ0v) is 12.1. The minimum absolute atomic E-state index is 0.162. The lowest BCUT2D eigenvalue weighted by Gasteiger charge is -2.28. The molecule has 0 aromatic carbocycles. The number of hydrogen-bond donors (Lipinski definition) is 2. The maximum Gasteiger partial charge on any atom is 0.323 e. The quantitative estimate of drug-likeness (QED) is 0.874.